The summed E-state index contributed by atoms with van der Waals surface area (Å²) in [6.07, 6.45) is 1.13. The Labute approximate surface area is 101 Å². The van der Waals surface area contributed by atoms with Crippen LogP contribution >= 0.6 is 0 Å². The lowest BCUT2D eigenvalue weighted by molar-refractivity contribution is 0.133. The highest BCUT2D eigenvalue weighted by Gasteiger charge is 2.37. The second-order valence-corrected chi connectivity index (χ2v) is 5.34. The number of aromatic nitrogens is 1. The molecule has 0 spiro atoms. The Bertz CT molecular complexity index is 474. The van der Waals surface area contributed by atoms with Gasteiger partial charge in [-0.1, -0.05) is 0 Å². The molecule has 1 N–H and O–H groups in total. The lowest BCUT2D eigenvalue weighted by Crippen LogP contribution is -2.55. The molecule has 4 heterocycles. The molecule has 3 aliphatic heterocycles. The number of anilines is 1. The Morgan fingerprint density at radius 2 is 2.29 bits per heavy atom. The van der Waals surface area contributed by atoms with Gasteiger partial charge in [-0.05, 0) is 25.0 Å². The first-order chi connectivity index (χ1) is 8.33. The Morgan fingerprint density at radius 1 is 1.35 bits per heavy atom. The first kappa shape index (κ1) is 9.85. The van der Waals surface area contributed by atoms with Crippen LogP contribution in [-0.2, 0) is 24.4 Å². The molecule has 0 radical (unpaired) electrons. The van der Waals surface area contributed by atoms with Crippen LogP contribution in [0.5, 0.6) is 0 Å². The Balaban J connectivity index is 1.81. The van der Waals surface area contributed by atoms with Crippen LogP contribution < -0.4 is 10.2 Å². The second kappa shape index (κ2) is 3.43. The molecule has 1 saturated heterocycles. The van der Waals surface area contributed by atoms with Crippen molar-refractivity contribution in [3.63, 3.8) is 0 Å². The Hall–Kier alpha value is -1.13. The van der Waals surface area contributed by atoms with Crippen LogP contribution in [0.2, 0.25) is 0 Å². The van der Waals surface area contributed by atoms with Gasteiger partial charge in [-0.25, -0.2) is 4.98 Å². The number of hydrogen-bond acceptors (Lipinski definition) is 4. The van der Waals surface area contributed by atoms with Crippen LogP contribution in [-0.4, -0.2) is 30.2 Å². The third-order valence-electron chi connectivity index (χ3n) is 4.13. The van der Waals surface area contributed by atoms with Crippen molar-refractivity contribution < 1.29 is 4.74 Å². The fourth-order valence-electron chi connectivity index (χ4n) is 3.33. The van der Waals surface area contributed by atoms with Crippen LogP contribution in [0.15, 0.2) is 6.07 Å². The van der Waals surface area contributed by atoms with Gasteiger partial charge >= 0.3 is 0 Å². The first-order valence-electron chi connectivity index (χ1n) is 6.41. The standard InChI is InChI=1S/C13H17N3O/c1-8-4-14-5-11-3-9-2-10-6-17-7-12(10)15-13(9)16(8)11/h2,8,11,14H,3-7H2,1H3/t8-,11+/m1/s1. The number of fused-ring (bicyclic) bond motifs is 4. The van der Waals surface area contributed by atoms with Crippen molar-refractivity contribution >= 4 is 5.82 Å². The summed E-state index contributed by atoms with van der Waals surface area (Å²) in [6, 6.07) is 3.46. The summed E-state index contributed by atoms with van der Waals surface area (Å²) in [7, 11) is 0. The summed E-state index contributed by atoms with van der Waals surface area (Å²) >= 11 is 0. The van der Waals surface area contributed by atoms with E-state index in [4.69, 9.17) is 9.72 Å². The van der Waals surface area contributed by atoms with Crippen LogP contribution in [0.25, 0.3) is 0 Å². The van der Waals surface area contributed by atoms with Gasteiger partial charge in [0.2, 0.25) is 0 Å². The van der Waals surface area contributed by atoms with E-state index in [2.05, 4.69) is 23.2 Å². The highest BCUT2D eigenvalue weighted by molar-refractivity contribution is 5.57. The molecule has 1 aromatic heterocycles. The number of nitrogens with zero attached hydrogens (tertiary/aromatic N) is 2. The molecule has 4 rings (SSSR count). The number of nitrogens with one attached hydrogen (secondary N) is 1. The van der Waals surface area contributed by atoms with E-state index in [1.165, 1.54) is 16.9 Å². The third kappa shape index (κ3) is 1.34. The average Bonchev–Trinajstić information content (AvgIpc) is 2.88. The average molecular weight is 231 g/mol. The van der Waals surface area contributed by atoms with E-state index in [-0.39, 0.29) is 0 Å². The molecule has 0 saturated carbocycles. The van der Waals surface area contributed by atoms with E-state index in [9.17, 15) is 0 Å². The zero-order valence-electron chi connectivity index (χ0n) is 10.1. The van der Waals surface area contributed by atoms with Gasteiger partial charge in [-0.3, -0.25) is 0 Å². The van der Waals surface area contributed by atoms with Crippen molar-refractivity contribution in [1.29, 1.82) is 0 Å². The molecule has 0 aliphatic carbocycles. The molecule has 4 nitrogen and oxygen atoms in total. The molecule has 0 unspecified atom stereocenters. The topological polar surface area (TPSA) is 37.4 Å². The van der Waals surface area contributed by atoms with Crippen molar-refractivity contribution in [3.05, 3.63) is 22.9 Å². The molecule has 0 aromatic carbocycles. The maximum absolute atomic E-state index is 5.46. The van der Waals surface area contributed by atoms with E-state index >= 15 is 0 Å². The molecule has 4 heteroatoms. The number of hydrogen-bond donors (Lipinski definition) is 1. The maximum atomic E-state index is 5.46. The van der Waals surface area contributed by atoms with Gasteiger partial charge in [0.15, 0.2) is 0 Å². The summed E-state index contributed by atoms with van der Waals surface area (Å²) in [4.78, 5) is 7.35. The Morgan fingerprint density at radius 3 is 3.24 bits per heavy atom. The summed E-state index contributed by atoms with van der Waals surface area (Å²) in [6.45, 7) is 5.86. The van der Waals surface area contributed by atoms with Crippen molar-refractivity contribution in [1.82, 2.24) is 10.3 Å². The summed E-state index contributed by atoms with van der Waals surface area (Å²) in [5, 5.41) is 3.50. The SMILES string of the molecule is C[C@@H]1CNC[C@@H]2Cc3cc4c(nc3N21)COC4. The minimum Gasteiger partial charge on any atom is -0.370 e. The number of rotatable bonds is 0. The van der Waals surface area contributed by atoms with Gasteiger partial charge < -0.3 is 15.0 Å². The van der Waals surface area contributed by atoms with Gasteiger partial charge in [0.25, 0.3) is 0 Å². The quantitative estimate of drug-likeness (QED) is 0.718. The van der Waals surface area contributed by atoms with Gasteiger partial charge in [0.1, 0.15) is 5.82 Å². The second-order valence-electron chi connectivity index (χ2n) is 5.34. The highest BCUT2D eigenvalue weighted by Crippen LogP contribution is 2.36. The number of piperazine rings is 1. The lowest BCUT2D eigenvalue weighted by atomic mass is 10.1. The molecule has 90 valence electrons. The Kier molecular flexibility index (Phi) is 1.99. The van der Waals surface area contributed by atoms with Crippen LogP contribution in [0.1, 0.15) is 23.7 Å². The summed E-state index contributed by atoms with van der Waals surface area (Å²) in [5.74, 6) is 1.22. The number of ether oxygens (including phenoxy) is 1. The molecule has 1 fully saturated rings. The number of pyridine rings is 1. The normalized spacial score (nSPS) is 30.1. The highest BCUT2D eigenvalue weighted by atomic mass is 16.5. The van der Waals surface area contributed by atoms with E-state index in [1.54, 1.807) is 0 Å². The maximum Gasteiger partial charge on any atom is 0.132 e. The molecule has 2 atom stereocenters. The predicted molar refractivity (Wildman–Crippen MR) is 65.0 cm³/mol. The van der Waals surface area contributed by atoms with Gasteiger partial charge in [0.05, 0.1) is 18.9 Å². The fraction of sp³-hybridized carbons (Fsp3) is 0.615. The van der Waals surface area contributed by atoms with Crippen molar-refractivity contribution in [2.24, 2.45) is 0 Å². The summed E-state index contributed by atoms with van der Waals surface area (Å²) < 4.78 is 5.46. The molecule has 0 bridgehead atoms. The molecular weight excluding hydrogens is 214 g/mol. The molecule has 17 heavy (non-hydrogen) atoms. The van der Waals surface area contributed by atoms with Crippen LogP contribution in [0.4, 0.5) is 5.82 Å². The third-order valence-corrected chi connectivity index (χ3v) is 4.13. The van der Waals surface area contributed by atoms with Crippen LogP contribution in [0.3, 0.4) is 0 Å². The summed E-state index contributed by atoms with van der Waals surface area (Å²) in [5.41, 5.74) is 3.86. The zero-order valence-corrected chi connectivity index (χ0v) is 10.1. The minimum absolute atomic E-state index is 0.544. The first-order valence-corrected chi connectivity index (χ1v) is 6.41. The fourth-order valence-corrected chi connectivity index (χ4v) is 3.33. The van der Waals surface area contributed by atoms with Crippen molar-refractivity contribution in [2.45, 2.75) is 38.6 Å². The molecule has 1 aromatic rings. The van der Waals surface area contributed by atoms with Gasteiger partial charge in [-0.15, -0.1) is 0 Å². The van der Waals surface area contributed by atoms with E-state index in [0.29, 0.717) is 18.7 Å². The lowest BCUT2D eigenvalue weighted by Gasteiger charge is -2.37. The van der Waals surface area contributed by atoms with Gasteiger partial charge in [-0.2, -0.15) is 0 Å². The smallest absolute Gasteiger partial charge is 0.132 e. The zero-order chi connectivity index (χ0) is 11.4. The van der Waals surface area contributed by atoms with Crippen molar-refractivity contribution in [2.75, 3.05) is 18.0 Å². The molecular formula is C13H17N3O. The van der Waals surface area contributed by atoms with Crippen molar-refractivity contribution in [3.8, 4) is 0 Å². The van der Waals surface area contributed by atoms with Gasteiger partial charge in [0, 0.05) is 30.7 Å². The van der Waals surface area contributed by atoms with E-state index < -0.39 is 0 Å². The minimum atomic E-state index is 0.544. The predicted octanol–water partition coefficient (Wildman–Crippen LogP) is 0.835. The van der Waals surface area contributed by atoms with Crippen LogP contribution in [0, 0.1) is 0 Å². The monoisotopic (exact) mass is 231 g/mol. The molecule has 3 aliphatic rings. The molecule has 0 amide bonds. The van der Waals surface area contributed by atoms with E-state index in [0.717, 1.165) is 31.8 Å². The largest absolute Gasteiger partial charge is 0.370 e. The van der Waals surface area contributed by atoms with E-state index in [1.807, 2.05) is 0 Å².